The van der Waals surface area contributed by atoms with E-state index in [-0.39, 0.29) is 11.9 Å². The third-order valence-electron chi connectivity index (χ3n) is 3.35. The number of benzene rings is 1. The summed E-state index contributed by atoms with van der Waals surface area (Å²) >= 11 is 0. The highest BCUT2D eigenvalue weighted by atomic mass is 16.5. The van der Waals surface area contributed by atoms with Gasteiger partial charge < -0.3 is 15.8 Å². The van der Waals surface area contributed by atoms with Crippen LogP contribution in [0.25, 0.3) is 0 Å². The van der Waals surface area contributed by atoms with E-state index >= 15 is 0 Å². The van der Waals surface area contributed by atoms with Crippen LogP contribution in [0, 0.1) is 0 Å². The van der Waals surface area contributed by atoms with Gasteiger partial charge in [0.2, 0.25) is 5.91 Å². The van der Waals surface area contributed by atoms with E-state index in [1.54, 1.807) is 7.05 Å². The van der Waals surface area contributed by atoms with Crippen molar-refractivity contribution in [3.8, 4) is 5.75 Å². The number of ether oxygens (including phenoxy) is 1. The van der Waals surface area contributed by atoms with Gasteiger partial charge in [0.15, 0.2) is 0 Å². The van der Waals surface area contributed by atoms with E-state index in [4.69, 9.17) is 10.5 Å². The van der Waals surface area contributed by atoms with Crippen molar-refractivity contribution in [3.05, 3.63) is 29.3 Å². The van der Waals surface area contributed by atoms with E-state index in [1.807, 2.05) is 12.1 Å². The van der Waals surface area contributed by atoms with Crippen LogP contribution >= 0.6 is 0 Å². The van der Waals surface area contributed by atoms with Crippen molar-refractivity contribution in [2.24, 2.45) is 5.73 Å². The molecule has 1 unspecified atom stereocenters. The quantitative estimate of drug-likeness (QED) is 0.849. The lowest BCUT2D eigenvalue weighted by molar-refractivity contribution is -0.121. The molecule has 0 spiro atoms. The van der Waals surface area contributed by atoms with Crippen molar-refractivity contribution in [2.75, 3.05) is 13.7 Å². The molecular formula is C14H20N2O2. The highest BCUT2D eigenvalue weighted by molar-refractivity contribution is 5.75. The number of carbonyl (C=O) groups is 1. The predicted octanol–water partition coefficient (Wildman–Crippen LogP) is 1.54. The summed E-state index contributed by atoms with van der Waals surface area (Å²) in [5, 5.41) is 2.57. The van der Waals surface area contributed by atoms with E-state index in [1.165, 1.54) is 11.1 Å². The van der Waals surface area contributed by atoms with Crippen LogP contribution in [0.2, 0.25) is 0 Å². The molecule has 1 amide bonds. The number of amides is 1. The van der Waals surface area contributed by atoms with Crippen LogP contribution in [0.4, 0.5) is 0 Å². The topological polar surface area (TPSA) is 64.3 Å². The smallest absolute Gasteiger partial charge is 0.223 e. The van der Waals surface area contributed by atoms with E-state index < -0.39 is 0 Å². The van der Waals surface area contributed by atoms with Crippen molar-refractivity contribution in [1.29, 1.82) is 0 Å². The van der Waals surface area contributed by atoms with Gasteiger partial charge in [-0.15, -0.1) is 0 Å². The van der Waals surface area contributed by atoms with Crippen molar-refractivity contribution < 1.29 is 9.53 Å². The molecule has 1 aromatic carbocycles. The van der Waals surface area contributed by atoms with E-state index in [0.717, 1.165) is 25.0 Å². The molecule has 1 aromatic rings. The standard InChI is InChI=1S/C14H20N2O2/c1-16-14(17)7-8-18-11-5-6-12-10(9-11)3-2-4-13(12)15/h5-6,9,13H,2-4,7-8,15H2,1H3,(H,16,17). The van der Waals surface area contributed by atoms with E-state index in [2.05, 4.69) is 11.4 Å². The molecule has 2 rings (SSSR count). The number of carbonyl (C=O) groups excluding carboxylic acids is 1. The fraction of sp³-hybridized carbons (Fsp3) is 0.500. The average molecular weight is 248 g/mol. The van der Waals surface area contributed by atoms with Crippen molar-refractivity contribution in [2.45, 2.75) is 31.7 Å². The molecule has 0 saturated heterocycles. The number of hydrogen-bond donors (Lipinski definition) is 2. The van der Waals surface area contributed by atoms with Crippen molar-refractivity contribution >= 4 is 5.91 Å². The Morgan fingerprint density at radius 3 is 3.17 bits per heavy atom. The number of aryl methyl sites for hydroxylation is 1. The van der Waals surface area contributed by atoms with Gasteiger partial charge in [0.1, 0.15) is 5.75 Å². The Kier molecular flexibility index (Phi) is 4.20. The summed E-state index contributed by atoms with van der Waals surface area (Å²) < 4.78 is 5.58. The van der Waals surface area contributed by atoms with Crippen LogP contribution in [0.1, 0.15) is 36.4 Å². The molecule has 4 nitrogen and oxygen atoms in total. The summed E-state index contributed by atoms with van der Waals surface area (Å²) in [7, 11) is 1.63. The molecule has 0 fully saturated rings. The zero-order valence-electron chi connectivity index (χ0n) is 10.7. The van der Waals surface area contributed by atoms with Crippen LogP contribution in [-0.2, 0) is 11.2 Å². The third-order valence-corrected chi connectivity index (χ3v) is 3.35. The first-order valence-corrected chi connectivity index (χ1v) is 6.42. The second kappa shape index (κ2) is 5.87. The Balaban J connectivity index is 1.96. The van der Waals surface area contributed by atoms with Gasteiger partial charge >= 0.3 is 0 Å². The minimum atomic E-state index is -0.00465. The molecule has 18 heavy (non-hydrogen) atoms. The van der Waals surface area contributed by atoms with Crippen LogP contribution < -0.4 is 15.8 Å². The van der Waals surface area contributed by atoms with Crippen LogP contribution in [0.15, 0.2) is 18.2 Å². The molecule has 0 radical (unpaired) electrons. The molecule has 0 aromatic heterocycles. The number of hydrogen-bond acceptors (Lipinski definition) is 3. The van der Waals surface area contributed by atoms with E-state index in [0.29, 0.717) is 13.0 Å². The monoisotopic (exact) mass is 248 g/mol. The van der Waals surface area contributed by atoms with Crippen LogP contribution in [0.5, 0.6) is 5.75 Å². The third kappa shape index (κ3) is 3.01. The highest BCUT2D eigenvalue weighted by Gasteiger charge is 2.16. The molecule has 0 saturated carbocycles. The number of fused-ring (bicyclic) bond motifs is 1. The Labute approximate surface area is 108 Å². The highest BCUT2D eigenvalue weighted by Crippen LogP contribution is 2.30. The van der Waals surface area contributed by atoms with Crippen molar-refractivity contribution in [3.63, 3.8) is 0 Å². The normalized spacial score (nSPS) is 18.0. The summed E-state index contributed by atoms with van der Waals surface area (Å²) in [6.07, 6.45) is 3.64. The average Bonchev–Trinajstić information content (AvgIpc) is 2.38. The maximum Gasteiger partial charge on any atom is 0.223 e. The van der Waals surface area contributed by atoms with Gasteiger partial charge in [-0.1, -0.05) is 6.07 Å². The molecule has 98 valence electrons. The largest absolute Gasteiger partial charge is 0.493 e. The first-order chi connectivity index (χ1) is 8.70. The Morgan fingerprint density at radius 1 is 1.56 bits per heavy atom. The number of nitrogens with two attached hydrogens (primary N) is 1. The summed E-state index contributed by atoms with van der Waals surface area (Å²) in [6, 6.07) is 6.20. The van der Waals surface area contributed by atoms with Crippen LogP contribution in [0.3, 0.4) is 0 Å². The molecule has 3 N–H and O–H groups in total. The van der Waals surface area contributed by atoms with Crippen molar-refractivity contribution in [1.82, 2.24) is 5.32 Å². The van der Waals surface area contributed by atoms with Gasteiger partial charge in [0, 0.05) is 13.1 Å². The maximum atomic E-state index is 11.1. The van der Waals surface area contributed by atoms with Gasteiger partial charge in [-0.05, 0) is 42.5 Å². The Morgan fingerprint density at radius 2 is 2.39 bits per heavy atom. The van der Waals surface area contributed by atoms with Gasteiger partial charge in [0.25, 0.3) is 0 Å². The summed E-state index contributed by atoms with van der Waals surface area (Å²) in [6.45, 7) is 0.407. The molecule has 1 aliphatic rings. The van der Waals surface area contributed by atoms with Gasteiger partial charge in [-0.3, -0.25) is 4.79 Å². The molecule has 0 heterocycles. The summed E-state index contributed by atoms with van der Waals surface area (Å²) in [5.41, 5.74) is 8.58. The summed E-state index contributed by atoms with van der Waals surface area (Å²) in [5.74, 6) is 0.821. The fourth-order valence-electron chi connectivity index (χ4n) is 2.30. The first-order valence-electron chi connectivity index (χ1n) is 6.42. The second-order valence-corrected chi connectivity index (χ2v) is 4.63. The summed E-state index contributed by atoms with van der Waals surface area (Å²) in [4.78, 5) is 11.1. The maximum absolute atomic E-state index is 11.1. The van der Waals surface area contributed by atoms with E-state index in [9.17, 15) is 4.79 Å². The number of nitrogens with one attached hydrogen (secondary N) is 1. The molecule has 0 aliphatic heterocycles. The minimum Gasteiger partial charge on any atom is -0.493 e. The van der Waals surface area contributed by atoms with Gasteiger partial charge in [-0.25, -0.2) is 0 Å². The van der Waals surface area contributed by atoms with Gasteiger partial charge in [0.05, 0.1) is 13.0 Å². The molecule has 0 bridgehead atoms. The lowest BCUT2D eigenvalue weighted by Gasteiger charge is -2.22. The minimum absolute atomic E-state index is 0.00465. The number of rotatable bonds is 4. The fourth-order valence-corrected chi connectivity index (χ4v) is 2.30. The molecule has 1 aliphatic carbocycles. The first kappa shape index (κ1) is 12.9. The molecular weight excluding hydrogens is 228 g/mol. The SMILES string of the molecule is CNC(=O)CCOc1ccc2c(c1)CCCC2N. The predicted molar refractivity (Wildman–Crippen MR) is 70.5 cm³/mol. The zero-order valence-corrected chi connectivity index (χ0v) is 10.7. The van der Waals surface area contributed by atoms with Crippen LogP contribution in [-0.4, -0.2) is 19.6 Å². The Hall–Kier alpha value is -1.55. The Bertz CT molecular complexity index is 432. The van der Waals surface area contributed by atoms with Gasteiger partial charge in [-0.2, -0.15) is 0 Å². The molecule has 4 heteroatoms. The lowest BCUT2D eigenvalue weighted by Crippen LogP contribution is -2.20. The zero-order chi connectivity index (χ0) is 13.0. The second-order valence-electron chi connectivity index (χ2n) is 4.63. The molecule has 1 atom stereocenters. The lowest BCUT2D eigenvalue weighted by atomic mass is 9.88.